The van der Waals surface area contributed by atoms with E-state index in [9.17, 15) is 0 Å². The zero-order chi connectivity index (χ0) is 14.3. The Hall–Kier alpha value is -2.48. The smallest absolute Gasteiger partial charge is 0.0494 e. The van der Waals surface area contributed by atoms with Crippen LogP contribution in [0.1, 0.15) is 11.1 Å². The molecular weight excluding hydrogens is 244 g/mol. The van der Waals surface area contributed by atoms with Crippen molar-refractivity contribution in [3.05, 3.63) is 59.7 Å². The first-order valence-corrected chi connectivity index (χ1v) is 6.71. The highest BCUT2D eigenvalue weighted by atomic mass is 14.6. The Bertz CT molecular complexity index is 787. The van der Waals surface area contributed by atoms with Crippen LogP contribution in [0.4, 0.5) is 11.4 Å². The van der Waals surface area contributed by atoms with Crippen LogP contribution in [0.5, 0.6) is 0 Å². The molecule has 0 unspecified atom stereocenters. The van der Waals surface area contributed by atoms with Gasteiger partial charge in [-0.1, -0.05) is 47.5 Å². The van der Waals surface area contributed by atoms with Crippen molar-refractivity contribution in [2.75, 3.05) is 11.5 Å². The number of benzene rings is 3. The summed E-state index contributed by atoms with van der Waals surface area (Å²) in [6.45, 7) is 4.14. The fraction of sp³-hybridized carbons (Fsp3) is 0.111. The van der Waals surface area contributed by atoms with Crippen molar-refractivity contribution >= 4 is 22.1 Å². The third-order valence-electron chi connectivity index (χ3n) is 3.71. The van der Waals surface area contributed by atoms with E-state index in [2.05, 4.69) is 56.3 Å². The molecule has 0 heterocycles. The lowest BCUT2D eigenvalue weighted by Crippen LogP contribution is -1.98. The average Bonchev–Trinajstić information content (AvgIpc) is 2.42. The molecule has 0 saturated heterocycles. The SMILES string of the molecule is Cc1ccc(-c2c(N)cc3ccc(C)cc3c2N)cc1. The maximum Gasteiger partial charge on any atom is 0.0494 e. The van der Waals surface area contributed by atoms with Crippen LogP contribution in [-0.2, 0) is 0 Å². The minimum atomic E-state index is 0.725. The van der Waals surface area contributed by atoms with Crippen LogP contribution in [0.25, 0.3) is 21.9 Å². The van der Waals surface area contributed by atoms with E-state index in [1.54, 1.807) is 0 Å². The molecule has 3 aromatic carbocycles. The highest BCUT2D eigenvalue weighted by molar-refractivity contribution is 6.05. The quantitative estimate of drug-likeness (QED) is 0.643. The molecule has 3 rings (SSSR count). The highest BCUT2D eigenvalue weighted by Gasteiger charge is 2.11. The molecule has 0 fully saturated rings. The third-order valence-corrected chi connectivity index (χ3v) is 3.71. The van der Waals surface area contributed by atoms with Crippen molar-refractivity contribution < 1.29 is 0 Å². The van der Waals surface area contributed by atoms with Gasteiger partial charge in [0.05, 0.1) is 0 Å². The van der Waals surface area contributed by atoms with Crippen molar-refractivity contribution in [3.63, 3.8) is 0 Å². The summed E-state index contributed by atoms with van der Waals surface area (Å²) in [5, 5.41) is 2.15. The topological polar surface area (TPSA) is 52.0 Å². The minimum absolute atomic E-state index is 0.725. The zero-order valence-electron chi connectivity index (χ0n) is 11.8. The van der Waals surface area contributed by atoms with E-state index < -0.39 is 0 Å². The number of aryl methyl sites for hydroxylation is 2. The molecule has 0 saturated carbocycles. The van der Waals surface area contributed by atoms with Crippen LogP contribution in [0.15, 0.2) is 48.5 Å². The Morgan fingerprint density at radius 1 is 0.750 bits per heavy atom. The molecule has 0 aromatic heterocycles. The Kier molecular flexibility index (Phi) is 2.87. The van der Waals surface area contributed by atoms with Crippen molar-refractivity contribution in [2.24, 2.45) is 0 Å². The average molecular weight is 262 g/mol. The Balaban J connectivity index is 2.32. The Morgan fingerprint density at radius 3 is 2.10 bits per heavy atom. The van der Waals surface area contributed by atoms with Gasteiger partial charge in [0.2, 0.25) is 0 Å². The second-order valence-corrected chi connectivity index (χ2v) is 5.35. The van der Waals surface area contributed by atoms with Crippen molar-refractivity contribution in [3.8, 4) is 11.1 Å². The summed E-state index contributed by atoms with van der Waals surface area (Å²) < 4.78 is 0. The highest BCUT2D eigenvalue weighted by Crippen LogP contribution is 2.38. The largest absolute Gasteiger partial charge is 0.398 e. The molecule has 0 aliphatic heterocycles. The number of hydrogen-bond donors (Lipinski definition) is 2. The van der Waals surface area contributed by atoms with Gasteiger partial charge in [0.25, 0.3) is 0 Å². The monoisotopic (exact) mass is 262 g/mol. The number of rotatable bonds is 1. The summed E-state index contributed by atoms with van der Waals surface area (Å²) >= 11 is 0. The summed E-state index contributed by atoms with van der Waals surface area (Å²) in [5.74, 6) is 0. The molecule has 3 aromatic rings. The Labute approximate surface area is 119 Å². The molecule has 0 bridgehead atoms. The van der Waals surface area contributed by atoms with Gasteiger partial charge >= 0.3 is 0 Å². The molecule has 20 heavy (non-hydrogen) atoms. The fourth-order valence-electron chi connectivity index (χ4n) is 2.60. The standard InChI is InChI=1S/C18H18N2/c1-11-3-6-13(7-4-11)17-16(19)10-14-8-5-12(2)9-15(14)18(17)20/h3-10H,19-20H2,1-2H3. The van der Waals surface area contributed by atoms with Crippen LogP contribution < -0.4 is 11.5 Å². The summed E-state index contributed by atoms with van der Waals surface area (Å²) in [6.07, 6.45) is 0. The second-order valence-electron chi connectivity index (χ2n) is 5.35. The van der Waals surface area contributed by atoms with Gasteiger partial charge in [0.15, 0.2) is 0 Å². The first-order valence-electron chi connectivity index (χ1n) is 6.71. The van der Waals surface area contributed by atoms with Gasteiger partial charge in [0.1, 0.15) is 0 Å². The van der Waals surface area contributed by atoms with E-state index in [0.717, 1.165) is 33.3 Å². The van der Waals surface area contributed by atoms with Crippen molar-refractivity contribution in [2.45, 2.75) is 13.8 Å². The van der Waals surface area contributed by atoms with Crippen molar-refractivity contribution in [1.82, 2.24) is 0 Å². The summed E-state index contributed by atoms with van der Waals surface area (Å²) in [7, 11) is 0. The van der Waals surface area contributed by atoms with Crippen LogP contribution in [0.3, 0.4) is 0 Å². The minimum Gasteiger partial charge on any atom is -0.398 e. The molecule has 0 aliphatic carbocycles. The van der Waals surface area contributed by atoms with Gasteiger partial charge in [-0.05, 0) is 36.9 Å². The van der Waals surface area contributed by atoms with Crippen LogP contribution in [0, 0.1) is 13.8 Å². The van der Waals surface area contributed by atoms with E-state index in [4.69, 9.17) is 11.5 Å². The molecule has 100 valence electrons. The molecule has 0 radical (unpaired) electrons. The number of nitrogen functional groups attached to an aromatic ring is 2. The number of hydrogen-bond acceptors (Lipinski definition) is 2. The molecule has 0 aliphatic rings. The van der Waals surface area contributed by atoms with Crippen LogP contribution >= 0.6 is 0 Å². The third kappa shape index (κ3) is 1.99. The predicted octanol–water partition coefficient (Wildman–Crippen LogP) is 4.29. The normalized spacial score (nSPS) is 10.9. The van der Waals surface area contributed by atoms with E-state index in [1.165, 1.54) is 11.1 Å². The number of anilines is 2. The van der Waals surface area contributed by atoms with Gasteiger partial charge in [-0.25, -0.2) is 0 Å². The molecule has 0 atom stereocenters. The summed E-state index contributed by atoms with van der Waals surface area (Å²) in [5.41, 5.74) is 18.5. The number of fused-ring (bicyclic) bond motifs is 1. The summed E-state index contributed by atoms with van der Waals surface area (Å²) in [6, 6.07) is 16.5. The van der Waals surface area contributed by atoms with Gasteiger partial charge in [-0.15, -0.1) is 0 Å². The molecule has 4 N–H and O–H groups in total. The van der Waals surface area contributed by atoms with Gasteiger partial charge < -0.3 is 11.5 Å². The number of nitrogens with two attached hydrogens (primary N) is 2. The molecular formula is C18H18N2. The first kappa shape index (κ1) is 12.5. The summed E-state index contributed by atoms with van der Waals surface area (Å²) in [4.78, 5) is 0. The fourth-order valence-corrected chi connectivity index (χ4v) is 2.60. The van der Waals surface area contributed by atoms with Crippen LogP contribution in [-0.4, -0.2) is 0 Å². The Morgan fingerprint density at radius 2 is 1.40 bits per heavy atom. The molecule has 2 nitrogen and oxygen atoms in total. The van der Waals surface area contributed by atoms with E-state index in [0.29, 0.717) is 0 Å². The van der Waals surface area contributed by atoms with Crippen LogP contribution in [0.2, 0.25) is 0 Å². The lowest BCUT2D eigenvalue weighted by Gasteiger charge is -2.13. The van der Waals surface area contributed by atoms with Gasteiger partial charge in [-0.3, -0.25) is 0 Å². The zero-order valence-corrected chi connectivity index (χ0v) is 11.8. The predicted molar refractivity (Wildman–Crippen MR) is 87.7 cm³/mol. The van der Waals surface area contributed by atoms with Gasteiger partial charge in [0, 0.05) is 22.3 Å². The molecule has 0 spiro atoms. The lowest BCUT2D eigenvalue weighted by molar-refractivity contribution is 1.47. The maximum atomic E-state index is 6.38. The van der Waals surface area contributed by atoms with E-state index >= 15 is 0 Å². The lowest BCUT2D eigenvalue weighted by atomic mass is 9.95. The molecule has 2 heteroatoms. The van der Waals surface area contributed by atoms with Crippen molar-refractivity contribution in [1.29, 1.82) is 0 Å². The van der Waals surface area contributed by atoms with Gasteiger partial charge in [-0.2, -0.15) is 0 Å². The van der Waals surface area contributed by atoms with E-state index in [-0.39, 0.29) is 0 Å². The molecule has 0 amide bonds. The van der Waals surface area contributed by atoms with E-state index in [1.807, 2.05) is 6.07 Å². The second kappa shape index (κ2) is 4.57. The maximum absolute atomic E-state index is 6.38. The first-order chi connectivity index (χ1) is 9.56.